The van der Waals surface area contributed by atoms with Crippen LogP contribution in [0.2, 0.25) is 0 Å². The van der Waals surface area contributed by atoms with E-state index < -0.39 is 6.10 Å². The lowest BCUT2D eigenvalue weighted by Gasteiger charge is -2.35. The highest BCUT2D eigenvalue weighted by Crippen LogP contribution is 2.25. The minimum atomic E-state index is -0.485. The monoisotopic (exact) mass is 333 g/mol. The van der Waals surface area contributed by atoms with Gasteiger partial charge in [0, 0.05) is 25.2 Å². The van der Waals surface area contributed by atoms with Crippen LogP contribution in [0, 0.1) is 11.8 Å². The van der Waals surface area contributed by atoms with Crippen LogP contribution in [0.4, 0.5) is 0 Å². The Bertz CT molecular complexity index is 522. The Morgan fingerprint density at radius 1 is 1.33 bits per heavy atom. The molecule has 1 aliphatic rings. The van der Waals surface area contributed by atoms with Crippen molar-refractivity contribution < 1.29 is 14.6 Å². The smallest absolute Gasteiger partial charge is 0.123 e. The van der Waals surface area contributed by atoms with Crippen molar-refractivity contribution in [1.29, 1.82) is 0 Å². The highest BCUT2D eigenvalue weighted by atomic mass is 16.5. The van der Waals surface area contributed by atoms with Crippen LogP contribution in [0.1, 0.15) is 25.8 Å². The second-order valence-electron chi connectivity index (χ2n) is 7.10. The summed E-state index contributed by atoms with van der Waals surface area (Å²) in [6.07, 6.45) is 3.35. The van der Waals surface area contributed by atoms with Crippen molar-refractivity contribution in [2.45, 2.75) is 32.8 Å². The summed E-state index contributed by atoms with van der Waals surface area (Å²) in [5.41, 5.74) is 1.02. The summed E-state index contributed by atoms with van der Waals surface area (Å²) in [6, 6.07) is 5.73. The summed E-state index contributed by atoms with van der Waals surface area (Å²) in [5, 5.41) is 10.3. The Morgan fingerprint density at radius 3 is 2.67 bits per heavy atom. The molecule has 1 fully saturated rings. The van der Waals surface area contributed by atoms with E-state index in [1.165, 1.54) is 6.42 Å². The van der Waals surface area contributed by atoms with Crippen molar-refractivity contribution in [1.82, 2.24) is 4.90 Å². The molecule has 1 aromatic carbocycles. The van der Waals surface area contributed by atoms with E-state index in [4.69, 9.17) is 9.47 Å². The van der Waals surface area contributed by atoms with Crippen molar-refractivity contribution in [2.24, 2.45) is 11.8 Å². The number of hydrogen-bond donors (Lipinski definition) is 1. The lowest BCUT2D eigenvalue weighted by Crippen LogP contribution is -2.44. The molecule has 2 rings (SSSR count). The molecule has 1 aliphatic heterocycles. The van der Waals surface area contributed by atoms with Gasteiger partial charge in [-0.1, -0.05) is 19.9 Å². The molecule has 134 valence electrons. The van der Waals surface area contributed by atoms with Gasteiger partial charge in [0.05, 0.1) is 7.11 Å². The van der Waals surface area contributed by atoms with Gasteiger partial charge in [0.25, 0.3) is 0 Å². The van der Waals surface area contributed by atoms with E-state index in [0.717, 1.165) is 30.2 Å². The van der Waals surface area contributed by atoms with Gasteiger partial charge in [0.1, 0.15) is 24.2 Å². The fourth-order valence-electron chi connectivity index (χ4n) is 3.62. The summed E-state index contributed by atoms with van der Waals surface area (Å²) in [6.45, 7) is 11.4. The van der Waals surface area contributed by atoms with Crippen LogP contribution in [0.25, 0.3) is 0 Å². The van der Waals surface area contributed by atoms with Crippen LogP contribution >= 0.6 is 0 Å². The first-order chi connectivity index (χ1) is 11.5. The van der Waals surface area contributed by atoms with Gasteiger partial charge in [-0.15, -0.1) is 6.58 Å². The van der Waals surface area contributed by atoms with Gasteiger partial charge in [-0.3, -0.25) is 0 Å². The maximum absolute atomic E-state index is 10.3. The van der Waals surface area contributed by atoms with Crippen LogP contribution in [0.3, 0.4) is 0 Å². The van der Waals surface area contributed by atoms with Gasteiger partial charge >= 0.3 is 0 Å². The number of likely N-dealkylation sites (tertiary alicyclic amines) is 1. The minimum Gasteiger partial charge on any atom is -0.497 e. The maximum Gasteiger partial charge on any atom is 0.123 e. The summed E-state index contributed by atoms with van der Waals surface area (Å²) >= 11 is 0. The van der Waals surface area contributed by atoms with E-state index in [2.05, 4.69) is 25.3 Å². The molecule has 0 aliphatic carbocycles. The summed E-state index contributed by atoms with van der Waals surface area (Å²) in [5.74, 6) is 2.98. The Labute approximate surface area is 146 Å². The molecule has 1 aromatic rings. The molecule has 0 aromatic heterocycles. The number of allylic oxidation sites excluding steroid dienone is 1. The minimum absolute atomic E-state index is 0.301. The van der Waals surface area contributed by atoms with Crippen LogP contribution in [-0.4, -0.2) is 49.5 Å². The van der Waals surface area contributed by atoms with Gasteiger partial charge < -0.3 is 19.5 Å². The van der Waals surface area contributed by atoms with E-state index in [1.54, 1.807) is 7.11 Å². The molecule has 0 spiro atoms. The fraction of sp³-hybridized carbons (Fsp3) is 0.600. The zero-order chi connectivity index (χ0) is 17.5. The van der Waals surface area contributed by atoms with Gasteiger partial charge in [0.15, 0.2) is 0 Å². The van der Waals surface area contributed by atoms with Gasteiger partial charge in [-0.05, 0) is 42.9 Å². The highest BCUT2D eigenvalue weighted by molar-refractivity contribution is 5.41. The SMILES string of the molecule is C=CCc1cc(OC)ccc1OC[C@@H](O)CN1C[C@@H](C)C[C@H](C)C1. The Morgan fingerprint density at radius 2 is 2.04 bits per heavy atom. The fourth-order valence-corrected chi connectivity index (χ4v) is 3.62. The molecule has 24 heavy (non-hydrogen) atoms. The van der Waals surface area contributed by atoms with E-state index in [9.17, 15) is 5.11 Å². The molecule has 0 radical (unpaired) electrons. The number of aliphatic hydroxyl groups excluding tert-OH is 1. The highest BCUT2D eigenvalue weighted by Gasteiger charge is 2.23. The topological polar surface area (TPSA) is 41.9 Å². The molecule has 3 atom stereocenters. The second-order valence-corrected chi connectivity index (χ2v) is 7.10. The first-order valence-corrected chi connectivity index (χ1v) is 8.82. The Balaban J connectivity index is 1.89. The molecule has 4 heteroatoms. The molecule has 0 amide bonds. The molecular weight excluding hydrogens is 302 g/mol. The van der Waals surface area contributed by atoms with Crippen molar-refractivity contribution in [2.75, 3.05) is 33.4 Å². The molecule has 0 saturated carbocycles. The van der Waals surface area contributed by atoms with Crippen molar-refractivity contribution in [3.05, 3.63) is 36.4 Å². The van der Waals surface area contributed by atoms with Crippen LogP contribution < -0.4 is 9.47 Å². The summed E-state index contributed by atoms with van der Waals surface area (Å²) in [7, 11) is 1.65. The molecule has 1 N–H and O–H groups in total. The number of hydrogen-bond acceptors (Lipinski definition) is 4. The van der Waals surface area contributed by atoms with Crippen LogP contribution in [-0.2, 0) is 6.42 Å². The van der Waals surface area contributed by atoms with Crippen molar-refractivity contribution in [3.8, 4) is 11.5 Å². The summed E-state index contributed by atoms with van der Waals surface area (Å²) in [4.78, 5) is 2.35. The Kier molecular flexibility index (Phi) is 7.13. The molecule has 1 heterocycles. The van der Waals surface area contributed by atoms with Gasteiger partial charge in [0.2, 0.25) is 0 Å². The summed E-state index contributed by atoms with van der Waals surface area (Å²) < 4.78 is 11.1. The lowest BCUT2D eigenvalue weighted by atomic mass is 9.92. The average Bonchev–Trinajstić information content (AvgIpc) is 2.53. The van der Waals surface area contributed by atoms with E-state index >= 15 is 0 Å². The normalized spacial score (nSPS) is 22.8. The predicted molar refractivity (Wildman–Crippen MR) is 97.8 cm³/mol. The third kappa shape index (κ3) is 5.53. The third-order valence-corrected chi connectivity index (χ3v) is 4.48. The van der Waals surface area contributed by atoms with E-state index in [-0.39, 0.29) is 0 Å². The first kappa shape index (κ1) is 18.8. The number of nitrogens with zero attached hydrogens (tertiary/aromatic N) is 1. The van der Waals surface area contributed by atoms with Gasteiger partial charge in [-0.2, -0.15) is 0 Å². The van der Waals surface area contributed by atoms with E-state index in [0.29, 0.717) is 31.4 Å². The number of methoxy groups -OCH3 is 1. The maximum atomic E-state index is 10.3. The number of β-amino-alcohol motifs (C(OH)–C–C–N with tert-alkyl or cyclic N) is 1. The quantitative estimate of drug-likeness (QED) is 0.742. The molecule has 0 unspecified atom stereocenters. The third-order valence-electron chi connectivity index (χ3n) is 4.48. The molecule has 4 nitrogen and oxygen atoms in total. The zero-order valence-electron chi connectivity index (χ0n) is 15.2. The molecular formula is C20H31NO3. The number of ether oxygens (including phenoxy) is 2. The van der Waals surface area contributed by atoms with Gasteiger partial charge in [-0.25, -0.2) is 0 Å². The average molecular weight is 333 g/mol. The van der Waals surface area contributed by atoms with Crippen LogP contribution in [0.5, 0.6) is 11.5 Å². The zero-order valence-corrected chi connectivity index (χ0v) is 15.2. The molecule has 0 bridgehead atoms. The van der Waals surface area contributed by atoms with Crippen LogP contribution in [0.15, 0.2) is 30.9 Å². The largest absolute Gasteiger partial charge is 0.497 e. The Hall–Kier alpha value is -1.52. The number of aliphatic hydroxyl groups is 1. The standard InChI is InChI=1S/C20H31NO3/c1-5-6-17-10-19(23-4)7-8-20(17)24-14-18(22)13-21-11-15(2)9-16(3)12-21/h5,7-8,10,15-16,18,22H,1,6,9,11-14H2,2-4H3/t15-,16-,18-/m0/s1. The number of benzene rings is 1. The second kappa shape index (κ2) is 9.09. The number of rotatable bonds is 8. The van der Waals surface area contributed by atoms with E-state index in [1.807, 2.05) is 24.3 Å². The lowest BCUT2D eigenvalue weighted by molar-refractivity contribution is 0.0427. The van der Waals surface area contributed by atoms with Crippen molar-refractivity contribution in [3.63, 3.8) is 0 Å². The molecule has 1 saturated heterocycles. The first-order valence-electron chi connectivity index (χ1n) is 8.82. The predicted octanol–water partition coefficient (Wildman–Crippen LogP) is 3.14. The van der Waals surface area contributed by atoms with Crippen molar-refractivity contribution >= 4 is 0 Å². The number of piperidine rings is 1.